The normalized spacial score (nSPS) is 18.7. The summed E-state index contributed by atoms with van der Waals surface area (Å²) in [6.45, 7) is 4.96. The fourth-order valence-corrected chi connectivity index (χ4v) is 4.22. The van der Waals surface area contributed by atoms with Gasteiger partial charge >= 0.3 is 0 Å². The molecule has 2 rings (SSSR count). The topological polar surface area (TPSA) is 57.6 Å². The minimum atomic E-state index is -3.39. The number of hydrogen-bond donors (Lipinski definition) is 1. The molecule has 106 valence electrons. The van der Waals surface area contributed by atoms with Gasteiger partial charge in [0.2, 0.25) is 10.0 Å². The van der Waals surface area contributed by atoms with Crippen LogP contribution in [-0.4, -0.2) is 37.5 Å². The largest absolute Gasteiger partial charge is 0.396 e. The molecule has 0 aliphatic carbocycles. The Morgan fingerprint density at radius 3 is 2.16 bits per heavy atom. The fraction of sp³-hybridized carbons (Fsp3) is 0.571. The van der Waals surface area contributed by atoms with Crippen LogP contribution in [0.25, 0.3) is 0 Å². The first-order valence-corrected chi connectivity index (χ1v) is 8.07. The minimum absolute atomic E-state index is 0.150. The van der Waals surface area contributed by atoms with Crippen molar-refractivity contribution in [3.8, 4) is 0 Å². The molecule has 1 saturated heterocycles. The summed E-state index contributed by atoms with van der Waals surface area (Å²) in [5.41, 5.74) is 1.92. The van der Waals surface area contributed by atoms with Crippen LogP contribution in [0.3, 0.4) is 0 Å². The zero-order valence-electron chi connectivity index (χ0n) is 11.5. The number of sulfonamides is 1. The van der Waals surface area contributed by atoms with Crippen molar-refractivity contribution >= 4 is 10.0 Å². The first-order chi connectivity index (χ1) is 8.93. The zero-order chi connectivity index (χ0) is 14.0. The van der Waals surface area contributed by atoms with Crippen molar-refractivity contribution < 1.29 is 13.5 Å². The molecule has 0 spiro atoms. The molecule has 0 amide bonds. The molecule has 0 unspecified atom stereocenters. The number of rotatable bonds is 3. The molecule has 19 heavy (non-hydrogen) atoms. The average Bonchev–Trinajstić information content (AvgIpc) is 2.37. The molecule has 0 atom stereocenters. The SMILES string of the molecule is Cc1cc(C)cc(S(=O)(=O)N2CCC(CO)CC2)c1. The van der Waals surface area contributed by atoms with Crippen LogP contribution in [0.1, 0.15) is 24.0 Å². The number of aliphatic hydroxyl groups is 1. The number of benzene rings is 1. The Morgan fingerprint density at radius 2 is 1.68 bits per heavy atom. The first-order valence-electron chi connectivity index (χ1n) is 6.63. The summed E-state index contributed by atoms with van der Waals surface area (Å²) < 4.78 is 26.6. The molecule has 0 radical (unpaired) electrons. The Balaban J connectivity index is 2.23. The van der Waals surface area contributed by atoms with Crippen molar-refractivity contribution in [2.24, 2.45) is 5.92 Å². The molecule has 0 aromatic heterocycles. The van der Waals surface area contributed by atoms with E-state index >= 15 is 0 Å². The lowest BCUT2D eigenvalue weighted by Crippen LogP contribution is -2.39. The van der Waals surface area contributed by atoms with Crippen molar-refractivity contribution in [3.05, 3.63) is 29.3 Å². The van der Waals surface area contributed by atoms with E-state index in [1.54, 1.807) is 12.1 Å². The van der Waals surface area contributed by atoms with Crippen LogP contribution >= 0.6 is 0 Å². The van der Waals surface area contributed by atoms with Gasteiger partial charge in [-0.25, -0.2) is 8.42 Å². The van der Waals surface area contributed by atoms with Gasteiger partial charge in [-0.3, -0.25) is 0 Å². The van der Waals surface area contributed by atoms with Crippen molar-refractivity contribution in [3.63, 3.8) is 0 Å². The Hall–Kier alpha value is -0.910. The number of hydrogen-bond acceptors (Lipinski definition) is 3. The van der Waals surface area contributed by atoms with Gasteiger partial charge in [0.15, 0.2) is 0 Å². The van der Waals surface area contributed by atoms with Crippen molar-refractivity contribution in [1.82, 2.24) is 4.31 Å². The van der Waals surface area contributed by atoms with E-state index < -0.39 is 10.0 Å². The Kier molecular flexibility index (Phi) is 4.28. The van der Waals surface area contributed by atoms with Crippen molar-refractivity contribution in [1.29, 1.82) is 0 Å². The Bertz CT molecular complexity index is 526. The van der Waals surface area contributed by atoms with Gasteiger partial charge < -0.3 is 5.11 Å². The summed E-state index contributed by atoms with van der Waals surface area (Å²) in [6.07, 6.45) is 1.47. The van der Waals surface area contributed by atoms with E-state index in [4.69, 9.17) is 5.11 Å². The molecule has 0 bridgehead atoms. The summed E-state index contributed by atoms with van der Waals surface area (Å²) in [5, 5.41) is 9.10. The predicted octanol–water partition coefficient (Wildman–Crippen LogP) is 1.70. The van der Waals surface area contributed by atoms with Crippen LogP contribution in [0.5, 0.6) is 0 Å². The lowest BCUT2D eigenvalue weighted by Gasteiger charge is -2.30. The van der Waals surface area contributed by atoms with Gasteiger partial charge in [-0.1, -0.05) is 6.07 Å². The van der Waals surface area contributed by atoms with Crippen LogP contribution in [0.15, 0.2) is 23.1 Å². The average molecular weight is 283 g/mol. The van der Waals surface area contributed by atoms with E-state index in [1.165, 1.54) is 4.31 Å². The molecule has 1 fully saturated rings. The number of aryl methyl sites for hydroxylation is 2. The maximum absolute atomic E-state index is 12.6. The second kappa shape index (κ2) is 5.61. The number of piperidine rings is 1. The fourth-order valence-electron chi connectivity index (χ4n) is 2.56. The summed E-state index contributed by atoms with van der Waals surface area (Å²) in [5.74, 6) is 0.241. The molecule has 1 N–H and O–H groups in total. The molecule has 1 heterocycles. The van der Waals surface area contributed by atoms with E-state index in [9.17, 15) is 8.42 Å². The van der Waals surface area contributed by atoms with Gasteiger partial charge in [0, 0.05) is 19.7 Å². The lowest BCUT2D eigenvalue weighted by molar-refractivity contribution is 0.170. The highest BCUT2D eigenvalue weighted by Gasteiger charge is 2.29. The molecule has 1 aromatic carbocycles. The van der Waals surface area contributed by atoms with Crippen LogP contribution < -0.4 is 0 Å². The highest BCUT2D eigenvalue weighted by Crippen LogP contribution is 2.24. The van der Waals surface area contributed by atoms with Gasteiger partial charge in [-0.05, 0) is 55.9 Å². The molecular formula is C14H21NO3S. The third-order valence-electron chi connectivity index (χ3n) is 3.66. The monoisotopic (exact) mass is 283 g/mol. The Labute approximate surface area is 115 Å². The van der Waals surface area contributed by atoms with Gasteiger partial charge in [-0.15, -0.1) is 0 Å². The second-order valence-electron chi connectivity index (χ2n) is 5.35. The maximum Gasteiger partial charge on any atom is 0.243 e. The quantitative estimate of drug-likeness (QED) is 0.918. The highest BCUT2D eigenvalue weighted by atomic mass is 32.2. The van der Waals surface area contributed by atoms with Gasteiger partial charge in [-0.2, -0.15) is 4.31 Å². The summed E-state index contributed by atoms with van der Waals surface area (Å²) in [7, 11) is -3.39. The smallest absolute Gasteiger partial charge is 0.243 e. The lowest BCUT2D eigenvalue weighted by atomic mass is 10.00. The van der Waals surface area contributed by atoms with E-state index in [2.05, 4.69) is 0 Å². The van der Waals surface area contributed by atoms with Crippen molar-refractivity contribution in [2.45, 2.75) is 31.6 Å². The van der Waals surface area contributed by atoms with E-state index in [-0.39, 0.29) is 12.5 Å². The molecule has 4 nitrogen and oxygen atoms in total. The number of aliphatic hydroxyl groups excluding tert-OH is 1. The zero-order valence-corrected chi connectivity index (χ0v) is 12.3. The van der Waals surface area contributed by atoms with Crippen LogP contribution in [0.2, 0.25) is 0 Å². The predicted molar refractivity (Wildman–Crippen MR) is 74.5 cm³/mol. The molecule has 5 heteroatoms. The Morgan fingerprint density at radius 1 is 1.16 bits per heavy atom. The van der Waals surface area contributed by atoms with Gasteiger partial charge in [0.1, 0.15) is 0 Å². The van der Waals surface area contributed by atoms with E-state index in [0.717, 1.165) is 24.0 Å². The highest BCUT2D eigenvalue weighted by molar-refractivity contribution is 7.89. The molecule has 1 aromatic rings. The summed E-state index contributed by atoms with van der Waals surface area (Å²) in [6, 6.07) is 5.41. The first kappa shape index (κ1) is 14.5. The van der Waals surface area contributed by atoms with Gasteiger partial charge in [0.25, 0.3) is 0 Å². The van der Waals surface area contributed by atoms with E-state index in [1.807, 2.05) is 19.9 Å². The molecule has 1 aliphatic heterocycles. The van der Waals surface area contributed by atoms with Crippen molar-refractivity contribution in [2.75, 3.05) is 19.7 Å². The molecule has 0 saturated carbocycles. The second-order valence-corrected chi connectivity index (χ2v) is 7.29. The number of nitrogens with zero attached hydrogens (tertiary/aromatic N) is 1. The standard InChI is InChI=1S/C14H21NO3S/c1-11-7-12(2)9-14(8-11)19(17,18)15-5-3-13(10-16)4-6-15/h7-9,13,16H,3-6,10H2,1-2H3. The molecule has 1 aliphatic rings. The van der Waals surface area contributed by atoms with Crippen LogP contribution in [-0.2, 0) is 10.0 Å². The third-order valence-corrected chi connectivity index (χ3v) is 5.54. The van der Waals surface area contributed by atoms with Crippen LogP contribution in [0.4, 0.5) is 0 Å². The maximum atomic E-state index is 12.6. The molecular weight excluding hydrogens is 262 g/mol. The minimum Gasteiger partial charge on any atom is -0.396 e. The van der Waals surface area contributed by atoms with Gasteiger partial charge in [0.05, 0.1) is 4.90 Å². The third kappa shape index (κ3) is 3.16. The summed E-state index contributed by atoms with van der Waals surface area (Å²) >= 11 is 0. The van der Waals surface area contributed by atoms with E-state index in [0.29, 0.717) is 18.0 Å². The van der Waals surface area contributed by atoms with Crippen LogP contribution in [0, 0.1) is 19.8 Å². The summed E-state index contributed by atoms with van der Waals surface area (Å²) in [4.78, 5) is 0.382.